The second-order valence-corrected chi connectivity index (χ2v) is 5.50. The summed E-state index contributed by atoms with van der Waals surface area (Å²) in [6.45, 7) is 6.46. The lowest BCUT2D eigenvalue weighted by molar-refractivity contribution is 0.274. The number of hydrazine groups is 1. The summed E-state index contributed by atoms with van der Waals surface area (Å²) >= 11 is 2.28. The Hall–Kier alpha value is -0.140. The highest BCUT2D eigenvalue weighted by Gasteiger charge is 2.28. The number of hydrogen-bond donors (Lipinski definition) is 2. The smallest absolute Gasteiger partial charge is 0.103 e. The Morgan fingerprint density at radius 1 is 1.57 bits per heavy atom. The molecule has 0 spiro atoms. The maximum absolute atomic E-state index is 5.58. The minimum Gasteiger partial charge on any atom is -0.271 e. The van der Waals surface area contributed by atoms with Crippen LogP contribution in [-0.2, 0) is 7.05 Å². The molecule has 4 nitrogen and oxygen atoms in total. The molecule has 0 aliphatic heterocycles. The minimum absolute atomic E-state index is 0.0811. The summed E-state index contributed by atoms with van der Waals surface area (Å²) in [7, 11) is 1.93. The maximum Gasteiger partial charge on any atom is 0.103 e. The van der Waals surface area contributed by atoms with Gasteiger partial charge in [-0.1, -0.05) is 20.8 Å². The summed E-state index contributed by atoms with van der Waals surface area (Å²) in [4.78, 5) is 0. The number of hydrogen-bond acceptors (Lipinski definition) is 3. The van der Waals surface area contributed by atoms with Crippen molar-refractivity contribution < 1.29 is 0 Å². The van der Waals surface area contributed by atoms with Crippen molar-refractivity contribution in [3.63, 3.8) is 0 Å². The summed E-state index contributed by atoms with van der Waals surface area (Å²) < 4.78 is 2.98. The average Bonchev–Trinajstić information content (AvgIpc) is 2.35. The predicted octanol–water partition coefficient (Wildman–Crippen LogP) is 1.58. The zero-order valence-corrected chi connectivity index (χ0v) is 11.2. The van der Waals surface area contributed by atoms with Crippen molar-refractivity contribution in [2.24, 2.45) is 18.3 Å². The lowest BCUT2D eigenvalue weighted by Crippen LogP contribution is -2.37. The molecule has 14 heavy (non-hydrogen) atoms. The number of rotatable bonds is 2. The van der Waals surface area contributed by atoms with Crippen LogP contribution in [0.5, 0.6) is 0 Å². The molecule has 3 N–H and O–H groups in total. The molecule has 1 unspecified atom stereocenters. The molecule has 80 valence electrons. The third-order valence-corrected chi connectivity index (χ3v) is 3.56. The molecule has 0 aliphatic rings. The normalized spacial score (nSPS) is 14.4. The lowest BCUT2D eigenvalue weighted by Gasteiger charge is -2.29. The van der Waals surface area contributed by atoms with E-state index >= 15 is 0 Å². The number of nitrogens with zero attached hydrogens (tertiary/aromatic N) is 2. The van der Waals surface area contributed by atoms with E-state index in [1.807, 2.05) is 17.9 Å². The molecule has 0 saturated carbocycles. The molecule has 1 aromatic rings. The fourth-order valence-electron chi connectivity index (χ4n) is 1.44. The fourth-order valence-corrected chi connectivity index (χ4v) is 2.01. The van der Waals surface area contributed by atoms with Crippen molar-refractivity contribution in [3.05, 3.63) is 15.5 Å². The zero-order valence-electron chi connectivity index (χ0n) is 9.00. The van der Waals surface area contributed by atoms with Gasteiger partial charge in [-0.3, -0.25) is 16.0 Å². The number of nitrogens with one attached hydrogen (secondary N) is 1. The standard InChI is InChI=1S/C9H17IN4/c1-9(2,3)7(13-11)6-5-12-14(4)8(6)10/h5,7,13H,11H2,1-4H3. The monoisotopic (exact) mass is 308 g/mol. The maximum atomic E-state index is 5.58. The van der Waals surface area contributed by atoms with E-state index in [9.17, 15) is 0 Å². The Labute approximate surface area is 98.4 Å². The van der Waals surface area contributed by atoms with Gasteiger partial charge in [0.05, 0.1) is 12.2 Å². The zero-order chi connectivity index (χ0) is 10.9. The number of halogens is 1. The van der Waals surface area contributed by atoms with Gasteiger partial charge in [0.1, 0.15) is 3.70 Å². The van der Waals surface area contributed by atoms with Crippen LogP contribution in [0.25, 0.3) is 0 Å². The first-order chi connectivity index (χ1) is 6.38. The van der Waals surface area contributed by atoms with E-state index in [0.717, 1.165) is 9.26 Å². The number of aromatic nitrogens is 2. The van der Waals surface area contributed by atoms with Gasteiger partial charge in [-0.05, 0) is 28.0 Å². The van der Waals surface area contributed by atoms with E-state index in [1.54, 1.807) is 0 Å². The third kappa shape index (κ3) is 2.26. The number of aryl methyl sites for hydroxylation is 1. The Morgan fingerprint density at radius 2 is 2.14 bits per heavy atom. The highest BCUT2D eigenvalue weighted by molar-refractivity contribution is 14.1. The lowest BCUT2D eigenvalue weighted by atomic mass is 9.84. The van der Waals surface area contributed by atoms with Crippen LogP contribution in [0.15, 0.2) is 6.20 Å². The van der Waals surface area contributed by atoms with E-state index < -0.39 is 0 Å². The second kappa shape index (κ2) is 4.16. The van der Waals surface area contributed by atoms with Crippen LogP contribution in [-0.4, -0.2) is 9.78 Å². The topological polar surface area (TPSA) is 55.9 Å². The van der Waals surface area contributed by atoms with Gasteiger partial charge in [-0.15, -0.1) is 0 Å². The van der Waals surface area contributed by atoms with Crippen molar-refractivity contribution in [2.45, 2.75) is 26.8 Å². The molecule has 1 heterocycles. The van der Waals surface area contributed by atoms with Crippen LogP contribution in [0.4, 0.5) is 0 Å². The Morgan fingerprint density at radius 3 is 2.43 bits per heavy atom. The van der Waals surface area contributed by atoms with E-state index in [2.05, 4.69) is 53.9 Å². The van der Waals surface area contributed by atoms with Crippen LogP contribution in [0.2, 0.25) is 0 Å². The molecular formula is C9H17IN4. The molecule has 1 rings (SSSR count). The van der Waals surface area contributed by atoms with Crippen molar-refractivity contribution in [1.82, 2.24) is 15.2 Å². The van der Waals surface area contributed by atoms with E-state index in [1.165, 1.54) is 0 Å². The molecule has 0 aromatic carbocycles. The van der Waals surface area contributed by atoms with Crippen LogP contribution in [0, 0.1) is 9.12 Å². The molecule has 0 fully saturated rings. The molecule has 0 saturated heterocycles. The van der Waals surface area contributed by atoms with Gasteiger partial charge in [0.2, 0.25) is 0 Å². The molecule has 5 heteroatoms. The van der Waals surface area contributed by atoms with Gasteiger partial charge in [-0.2, -0.15) is 5.10 Å². The van der Waals surface area contributed by atoms with E-state index in [-0.39, 0.29) is 11.5 Å². The first-order valence-corrected chi connectivity index (χ1v) is 5.59. The highest BCUT2D eigenvalue weighted by atomic mass is 127. The molecular weight excluding hydrogens is 291 g/mol. The van der Waals surface area contributed by atoms with Gasteiger partial charge in [0.25, 0.3) is 0 Å². The van der Waals surface area contributed by atoms with Crippen LogP contribution in [0.1, 0.15) is 32.4 Å². The summed E-state index contributed by atoms with van der Waals surface area (Å²) in [6, 6.07) is 0.128. The predicted molar refractivity (Wildman–Crippen MR) is 65.4 cm³/mol. The van der Waals surface area contributed by atoms with Crippen LogP contribution in [0.3, 0.4) is 0 Å². The van der Waals surface area contributed by atoms with Gasteiger partial charge in [0, 0.05) is 12.6 Å². The summed E-state index contributed by atoms with van der Waals surface area (Å²) in [5.74, 6) is 5.58. The SMILES string of the molecule is Cn1ncc(C(NN)C(C)(C)C)c1I. The molecule has 1 atom stereocenters. The summed E-state index contributed by atoms with van der Waals surface area (Å²) in [5, 5.41) is 4.21. The van der Waals surface area contributed by atoms with Crippen molar-refractivity contribution in [2.75, 3.05) is 0 Å². The van der Waals surface area contributed by atoms with Gasteiger partial charge in [0.15, 0.2) is 0 Å². The first-order valence-electron chi connectivity index (χ1n) is 4.51. The molecule has 0 radical (unpaired) electrons. The van der Waals surface area contributed by atoms with Crippen molar-refractivity contribution in [1.29, 1.82) is 0 Å². The fraction of sp³-hybridized carbons (Fsp3) is 0.667. The highest BCUT2D eigenvalue weighted by Crippen LogP contribution is 2.33. The van der Waals surface area contributed by atoms with Gasteiger partial charge < -0.3 is 0 Å². The van der Waals surface area contributed by atoms with E-state index in [4.69, 9.17) is 5.84 Å². The summed E-state index contributed by atoms with van der Waals surface area (Å²) in [5.41, 5.74) is 4.09. The first kappa shape index (κ1) is 11.9. The van der Waals surface area contributed by atoms with Crippen LogP contribution < -0.4 is 11.3 Å². The Bertz CT molecular complexity index is 313. The quantitative estimate of drug-likeness (QED) is 0.495. The second-order valence-electron chi connectivity index (χ2n) is 4.48. The Balaban J connectivity index is 3.08. The minimum atomic E-state index is 0.0811. The van der Waals surface area contributed by atoms with Crippen molar-refractivity contribution >= 4 is 22.6 Å². The third-order valence-electron chi connectivity index (χ3n) is 2.24. The largest absolute Gasteiger partial charge is 0.271 e. The summed E-state index contributed by atoms with van der Waals surface area (Å²) in [6.07, 6.45) is 1.87. The van der Waals surface area contributed by atoms with Gasteiger partial charge >= 0.3 is 0 Å². The molecule has 0 aliphatic carbocycles. The average molecular weight is 308 g/mol. The van der Waals surface area contributed by atoms with Gasteiger partial charge in [-0.25, -0.2) is 0 Å². The molecule has 0 amide bonds. The van der Waals surface area contributed by atoms with Crippen molar-refractivity contribution in [3.8, 4) is 0 Å². The van der Waals surface area contributed by atoms with Crippen LogP contribution >= 0.6 is 22.6 Å². The molecule has 1 aromatic heterocycles. The Kier molecular flexibility index (Phi) is 3.54. The van der Waals surface area contributed by atoms with E-state index in [0.29, 0.717) is 0 Å². The molecule has 0 bridgehead atoms. The number of nitrogens with two attached hydrogens (primary N) is 1.